The van der Waals surface area contributed by atoms with Crippen LogP contribution in [-0.4, -0.2) is 33.8 Å². The van der Waals surface area contributed by atoms with Gasteiger partial charge in [0.15, 0.2) is 0 Å². The van der Waals surface area contributed by atoms with Crippen LogP contribution in [0.5, 0.6) is 0 Å². The molecule has 21 heavy (non-hydrogen) atoms. The summed E-state index contributed by atoms with van der Waals surface area (Å²) < 4.78 is 0. The number of hydrogen-bond donors (Lipinski definition) is 3. The highest BCUT2D eigenvalue weighted by Crippen LogP contribution is 2.39. The third-order valence-corrected chi connectivity index (χ3v) is 4.35. The molecule has 0 spiro atoms. The Labute approximate surface area is 127 Å². The van der Waals surface area contributed by atoms with E-state index in [4.69, 9.17) is 0 Å². The average molecular weight is 292 g/mol. The third kappa shape index (κ3) is 3.84. The molecule has 1 fully saturated rings. The second kappa shape index (κ2) is 6.60. The van der Waals surface area contributed by atoms with Gasteiger partial charge in [0.2, 0.25) is 0 Å². The number of rotatable bonds is 8. The maximum absolute atomic E-state index is 10.4. The monoisotopic (exact) mass is 292 g/mol. The van der Waals surface area contributed by atoms with Gasteiger partial charge < -0.3 is 15.7 Å². The van der Waals surface area contributed by atoms with Gasteiger partial charge in [-0.15, -0.1) is 0 Å². The van der Waals surface area contributed by atoms with Crippen LogP contribution in [0.1, 0.15) is 63.8 Å². The van der Waals surface area contributed by atoms with Crippen LogP contribution < -0.4 is 10.6 Å². The zero-order valence-corrected chi connectivity index (χ0v) is 13.7. The second-order valence-electron chi connectivity index (χ2n) is 5.99. The van der Waals surface area contributed by atoms with Crippen molar-refractivity contribution in [3.8, 4) is 0 Å². The summed E-state index contributed by atoms with van der Waals surface area (Å²) in [4.78, 5) is 9.32. The first-order chi connectivity index (χ1) is 10.0. The van der Waals surface area contributed by atoms with E-state index in [0.717, 1.165) is 42.4 Å². The first-order valence-corrected chi connectivity index (χ1v) is 8.11. The first-order valence-electron chi connectivity index (χ1n) is 8.11. The second-order valence-corrected chi connectivity index (χ2v) is 5.99. The number of nitrogens with one attached hydrogen (secondary N) is 2. The van der Waals surface area contributed by atoms with Gasteiger partial charge in [-0.1, -0.05) is 13.8 Å². The molecule has 0 aromatic carbocycles. The fourth-order valence-electron chi connectivity index (χ4n) is 2.32. The number of hydrogen-bond acceptors (Lipinski definition) is 5. The molecule has 0 atom stereocenters. The summed E-state index contributed by atoms with van der Waals surface area (Å²) in [6.45, 7) is 9.48. The lowest BCUT2D eigenvalue weighted by Gasteiger charge is -2.26. The average Bonchev–Trinajstić information content (AvgIpc) is 3.32. The van der Waals surface area contributed by atoms with Crippen LogP contribution in [-0.2, 0) is 0 Å². The van der Waals surface area contributed by atoms with Gasteiger partial charge in [-0.2, -0.15) is 0 Å². The molecule has 1 aliphatic carbocycles. The molecule has 0 bridgehead atoms. The molecule has 118 valence electrons. The molecule has 3 N–H and O–H groups in total. The van der Waals surface area contributed by atoms with E-state index < -0.39 is 5.60 Å². The summed E-state index contributed by atoms with van der Waals surface area (Å²) >= 11 is 0. The third-order valence-electron chi connectivity index (χ3n) is 4.35. The Balaban J connectivity index is 2.20. The van der Waals surface area contributed by atoms with E-state index in [1.807, 2.05) is 20.8 Å². The Morgan fingerprint density at radius 1 is 1.10 bits per heavy atom. The highest BCUT2D eigenvalue weighted by atomic mass is 16.3. The molecule has 5 heteroatoms. The first kappa shape index (κ1) is 16.0. The van der Waals surface area contributed by atoms with Crippen LogP contribution in [0.2, 0.25) is 0 Å². The summed E-state index contributed by atoms with van der Waals surface area (Å²) in [7, 11) is 0. The fourth-order valence-corrected chi connectivity index (χ4v) is 2.32. The van der Waals surface area contributed by atoms with E-state index >= 15 is 0 Å². The normalized spacial score (nSPS) is 15.1. The molecule has 1 aliphatic rings. The van der Waals surface area contributed by atoms with Crippen molar-refractivity contribution in [2.45, 2.75) is 64.9 Å². The number of aromatic nitrogens is 2. The Kier molecular flexibility index (Phi) is 5.04. The lowest BCUT2D eigenvalue weighted by molar-refractivity contribution is 0.0456. The minimum absolute atomic E-state index is 0.514. The minimum Gasteiger partial charge on any atom is -0.388 e. The van der Waals surface area contributed by atoms with Crippen molar-refractivity contribution in [2.24, 2.45) is 0 Å². The highest BCUT2D eigenvalue weighted by molar-refractivity contribution is 5.57. The lowest BCUT2D eigenvalue weighted by atomic mass is 9.97. The van der Waals surface area contributed by atoms with Crippen LogP contribution in [0.25, 0.3) is 0 Å². The van der Waals surface area contributed by atoms with Crippen LogP contribution in [0.4, 0.5) is 11.6 Å². The maximum atomic E-state index is 10.4. The van der Waals surface area contributed by atoms with Crippen LogP contribution >= 0.6 is 0 Å². The zero-order chi connectivity index (χ0) is 15.5. The molecule has 0 radical (unpaired) electrons. The Bertz CT molecular complexity index is 481. The van der Waals surface area contributed by atoms with Crippen LogP contribution in [0, 0.1) is 6.92 Å². The number of aliphatic hydroxyl groups is 1. The van der Waals surface area contributed by atoms with E-state index in [2.05, 4.69) is 27.5 Å². The molecule has 2 rings (SSSR count). The quantitative estimate of drug-likeness (QED) is 0.687. The van der Waals surface area contributed by atoms with Gasteiger partial charge >= 0.3 is 0 Å². The van der Waals surface area contributed by atoms with Crippen molar-refractivity contribution in [1.82, 2.24) is 9.97 Å². The molecular formula is C16H28N4O. The smallest absolute Gasteiger partial charge is 0.136 e. The molecule has 0 unspecified atom stereocenters. The highest BCUT2D eigenvalue weighted by Gasteiger charge is 2.29. The Morgan fingerprint density at radius 2 is 1.67 bits per heavy atom. The molecule has 0 saturated heterocycles. The summed E-state index contributed by atoms with van der Waals surface area (Å²) in [5.41, 5.74) is 0.353. The van der Waals surface area contributed by atoms with Crippen molar-refractivity contribution in [3.63, 3.8) is 0 Å². The largest absolute Gasteiger partial charge is 0.388 e. The van der Waals surface area contributed by atoms with Crippen molar-refractivity contribution in [1.29, 1.82) is 0 Å². The van der Waals surface area contributed by atoms with Crippen molar-refractivity contribution >= 4 is 11.6 Å². The molecule has 1 saturated carbocycles. The van der Waals surface area contributed by atoms with Crippen molar-refractivity contribution in [3.05, 3.63) is 11.4 Å². The lowest BCUT2D eigenvalue weighted by Crippen LogP contribution is -2.35. The Hall–Kier alpha value is -1.36. The van der Waals surface area contributed by atoms with E-state index in [1.54, 1.807) is 0 Å². The van der Waals surface area contributed by atoms with E-state index in [9.17, 15) is 5.11 Å². The minimum atomic E-state index is -0.671. The summed E-state index contributed by atoms with van der Waals surface area (Å²) in [5.74, 6) is 3.20. The van der Waals surface area contributed by atoms with Gasteiger partial charge in [0.1, 0.15) is 17.5 Å². The van der Waals surface area contributed by atoms with Gasteiger partial charge in [-0.25, -0.2) is 9.97 Å². The van der Waals surface area contributed by atoms with E-state index in [-0.39, 0.29) is 0 Å². The molecule has 1 aromatic rings. The summed E-state index contributed by atoms with van der Waals surface area (Å²) in [6.07, 6.45) is 3.83. The molecule has 1 aromatic heterocycles. The SMILES string of the molecule is CCNc1nc(C2CC2)nc(NCC(O)(CC)CC)c1C. The summed E-state index contributed by atoms with van der Waals surface area (Å²) in [6, 6.07) is 0. The zero-order valence-electron chi connectivity index (χ0n) is 13.7. The van der Waals surface area contributed by atoms with Crippen LogP contribution in [0.15, 0.2) is 0 Å². The number of anilines is 2. The van der Waals surface area contributed by atoms with Gasteiger partial charge in [0.05, 0.1) is 5.60 Å². The summed E-state index contributed by atoms with van der Waals surface area (Å²) in [5, 5.41) is 17.1. The van der Waals surface area contributed by atoms with Crippen molar-refractivity contribution in [2.75, 3.05) is 23.7 Å². The standard InChI is InChI=1S/C16H28N4O/c1-5-16(21,6-2)10-18-14-11(4)13(17-7-3)19-15(20-14)12-8-9-12/h12,21H,5-10H2,1-4H3,(H2,17,18,19,20). The molecule has 5 nitrogen and oxygen atoms in total. The van der Waals surface area contributed by atoms with Gasteiger partial charge in [-0.05, 0) is 39.5 Å². The molecular weight excluding hydrogens is 264 g/mol. The molecule has 0 aliphatic heterocycles. The predicted molar refractivity (Wildman–Crippen MR) is 86.9 cm³/mol. The van der Waals surface area contributed by atoms with Gasteiger partial charge in [-0.3, -0.25) is 0 Å². The van der Waals surface area contributed by atoms with E-state index in [1.165, 1.54) is 12.8 Å². The van der Waals surface area contributed by atoms with E-state index in [0.29, 0.717) is 12.5 Å². The van der Waals surface area contributed by atoms with Gasteiger partial charge in [0.25, 0.3) is 0 Å². The van der Waals surface area contributed by atoms with Crippen molar-refractivity contribution < 1.29 is 5.11 Å². The topological polar surface area (TPSA) is 70.1 Å². The molecule has 1 heterocycles. The van der Waals surface area contributed by atoms with Crippen LogP contribution in [0.3, 0.4) is 0 Å². The fraction of sp³-hybridized carbons (Fsp3) is 0.750. The Morgan fingerprint density at radius 3 is 2.14 bits per heavy atom. The predicted octanol–water partition coefficient (Wildman–Crippen LogP) is 3.06. The molecule has 0 amide bonds. The van der Waals surface area contributed by atoms with Gasteiger partial charge in [0, 0.05) is 24.6 Å². The number of nitrogens with zero attached hydrogens (tertiary/aromatic N) is 2. The maximum Gasteiger partial charge on any atom is 0.136 e.